The van der Waals surface area contributed by atoms with E-state index in [0.29, 0.717) is 50.5 Å². The Morgan fingerprint density at radius 1 is 0.667 bits per heavy atom. The highest BCUT2D eigenvalue weighted by Crippen LogP contribution is 2.68. The zero-order valence-electron chi connectivity index (χ0n) is 44.9. The number of carbonyl (C=O) groups excluding carboxylic acids is 2. The van der Waals surface area contributed by atoms with Gasteiger partial charge in [0.25, 0.3) is 0 Å². The summed E-state index contributed by atoms with van der Waals surface area (Å²) in [4.78, 5) is 26.5. The summed E-state index contributed by atoms with van der Waals surface area (Å²) in [6, 6.07) is 0. The fraction of sp³-hybridized carbons (Fsp3) is 0.889. The Hall–Kier alpha value is -1.98. The second-order valence-electron chi connectivity index (χ2n) is 22.6. The van der Waals surface area contributed by atoms with Gasteiger partial charge in [0.05, 0.1) is 54.4 Å². The minimum atomic E-state index is -1.23. The molecule has 4 heterocycles. The molecule has 18 heteroatoms. The van der Waals surface area contributed by atoms with Gasteiger partial charge in [-0.2, -0.15) is 0 Å². The number of aliphatic hydroxyl groups is 3. The normalized spacial score (nSPS) is 49.8. The summed E-state index contributed by atoms with van der Waals surface area (Å²) in [6.07, 6.45) is -1.66. The van der Waals surface area contributed by atoms with E-state index in [-0.39, 0.29) is 41.2 Å². The SMILES string of the molecule is CC=C(C)C(=O)OC1CC2C(CC=C3CC(OC4CC(OC)C(OC5CC(OC)C(OC6CC(OC)C(OC7OC(C)C(O)C(OC)C7O)C(C)O6)C(C)O5)C(C)O4)CCC32C)C2(O)CCC(C(C)=O)C12C. The molecule has 8 aliphatic rings. The molecular weight excluding hydrogens is 937 g/mol. The van der Waals surface area contributed by atoms with Crippen LogP contribution in [0.25, 0.3) is 0 Å². The average molecular weight is 1020 g/mol. The van der Waals surface area contributed by atoms with Gasteiger partial charge >= 0.3 is 5.97 Å². The van der Waals surface area contributed by atoms with E-state index in [4.69, 9.17) is 61.6 Å². The molecule has 410 valence electrons. The Morgan fingerprint density at radius 3 is 1.72 bits per heavy atom. The van der Waals surface area contributed by atoms with Gasteiger partial charge in [-0.15, -0.1) is 0 Å². The maximum Gasteiger partial charge on any atom is 0.333 e. The molecule has 3 saturated carbocycles. The Labute approximate surface area is 426 Å². The maximum absolute atomic E-state index is 13.4. The van der Waals surface area contributed by atoms with Gasteiger partial charge in [0, 0.05) is 64.6 Å². The van der Waals surface area contributed by atoms with Crippen LogP contribution < -0.4 is 0 Å². The van der Waals surface area contributed by atoms with Crippen LogP contribution in [-0.2, 0) is 71.2 Å². The van der Waals surface area contributed by atoms with Gasteiger partial charge < -0.3 is 76.9 Å². The molecule has 0 aromatic rings. The van der Waals surface area contributed by atoms with Crippen molar-refractivity contribution in [2.75, 3.05) is 28.4 Å². The van der Waals surface area contributed by atoms with Crippen molar-refractivity contribution in [1.29, 1.82) is 0 Å². The first-order valence-corrected chi connectivity index (χ1v) is 26.6. The van der Waals surface area contributed by atoms with Gasteiger partial charge in [-0.1, -0.05) is 31.6 Å². The van der Waals surface area contributed by atoms with Crippen molar-refractivity contribution in [3.05, 3.63) is 23.3 Å². The number of allylic oxidation sites excluding steroid dienone is 2. The summed E-state index contributed by atoms with van der Waals surface area (Å²) in [5.41, 5.74) is -0.464. The lowest BCUT2D eigenvalue weighted by atomic mass is 9.45. The Kier molecular flexibility index (Phi) is 17.6. The largest absolute Gasteiger partial charge is 0.458 e. The summed E-state index contributed by atoms with van der Waals surface area (Å²) in [6.45, 7) is 16.9. The predicted octanol–water partition coefficient (Wildman–Crippen LogP) is 5.23. The van der Waals surface area contributed by atoms with Gasteiger partial charge in [-0.05, 0) is 111 Å². The first-order valence-electron chi connectivity index (χ1n) is 26.6. The smallest absolute Gasteiger partial charge is 0.333 e. The van der Waals surface area contributed by atoms with Gasteiger partial charge in [-0.3, -0.25) is 4.79 Å². The third-order valence-corrected chi connectivity index (χ3v) is 18.9. The highest BCUT2D eigenvalue weighted by molar-refractivity contribution is 5.88. The maximum atomic E-state index is 13.4. The van der Waals surface area contributed by atoms with Crippen molar-refractivity contribution in [3.63, 3.8) is 0 Å². The summed E-state index contributed by atoms with van der Waals surface area (Å²) in [7, 11) is 6.32. The molecule has 25 atom stereocenters. The molecule has 3 N–H and O–H groups in total. The molecule has 4 aliphatic heterocycles. The quantitative estimate of drug-likeness (QED) is 0.109. The number of carbonyl (C=O) groups is 2. The first-order chi connectivity index (χ1) is 34.1. The van der Waals surface area contributed by atoms with Gasteiger partial charge in [0.15, 0.2) is 25.2 Å². The van der Waals surface area contributed by atoms with Crippen molar-refractivity contribution >= 4 is 11.8 Å². The molecule has 72 heavy (non-hydrogen) atoms. The fourth-order valence-corrected chi connectivity index (χ4v) is 14.5. The number of ketones is 1. The number of hydrogen-bond acceptors (Lipinski definition) is 18. The van der Waals surface area contributed by atoms with Crippen LogP contribution in [0.1, 0.15) is 127 Å². The van der Waals surface area contributed by atoms with Crippen LogP contribution in [-0.4, -0.2) is 178 Å². The molecule has 0 aromatic carbocycles. The van der Waals surface area contributed by atoms with Crippen LogP contribution >= 0.6 is 0 Å². The van der Waals surface area contributed by atoms with Crippen molar-refractivity contribution in [2.45, 2.75) is 249 Å². The average Bonchev–Trinajstić information content (AvgIpc) is 3.64. The molecule has 4 saturated heterocycles. The highest BCUT2D eigenvalue weighted by Gasteiger charge is 2.71. The topological polar surface area (TPSA) is 215 Å². The number of ether oxygens (including phenoxy) is 13. The van der Waals surface area contributed by atoms with Crippen molar-refractivity contribution in [1.82, 2.24) is 0 Å². The second kappa shape index (κ2) is 22.5. The molecule has 4 aliphatic carbocycles. The van der Waals surface area contributed by atoms with Gasteiger partial charge in [-0.25, -0.2) is 4.79 Å². The predicted molar refractivity (Wildman–Crippen MR) is 258 cm³/mol. The monoisotopic (exact) mass is 1020 g/mol. The molecule has 0 aromatic heterocycles. The number of Topliss-reactive ketones (excluding diaryl/α,β-unsaturated/α-hetero) is 1. The molecule has 0 bridgehead atoms. The molecule has 0 amide bonds. The number of rotatable bonds is 15. The fourth-order valence-electron chi connectivity index (χ4n) is 14.5. The Balaban J connectivity index is 0.857. The zero-order valence-corrected chi connectivity index (χ0v) is 44.9. The second-order valence-corrected chi connectivity index (χ2v) is 22.6. The minimum absolute atomic E-state index is 0.0373. The van der Waals surface area contributed by atoms with Crippen molar-refractivity contribution in [3.8, 4) is 0 Å². The van der Waals surface area contributed by atoms with Crippen LogP contribution in [0, 0.1) is 28.6 Å². The van der Waals surface area contributed by atoms with Crippen LogP contribution in [0.4, 0.5) is 0 Å². The summed E-state index contributed by atoms with van der Waals surface area (Å²) < 4.78 is 81.2. The first kappa shape index (κ1) is 56.2. The van der Waals surface area contributed by atoms with Gasteiger partial charge in [0.2, 0.25) is 0 Å². The van der Waals surface area contributed by atoms with E-state index in [1.54, 1.807) is 48.2 Å². The number of fused-ring (bicyclic) bond motifs is 5. The van der Waals surface area contributed by atoms with E-state index in [9.17, 15) is 24.9 Å². The van der Waals surface area contributed by atoms with Crippen molar-refractivity contribution < 1.29 is 86.5 Å². The molecule has 0 spiro atoms. The van der Waals surface area contributed by atoms with Crippen molar-refractivity contribution in [2.24, 2.45) is 28.6 Å². The number of hydrogen-bond donors (Lipinski definition) is 3. The lowest BCUT2D eigenvalue weighted by Gasteiger charge is -2.63. The summed E-state index contributed by atoms with van der Waals surface area (Å²) in [5, 5.41) is 34.2. The Bertz CT molecular complexity index is 1950. The van der Waals surface area contributed by atoms with Crippen LogP contribution in [0.15, 0.2) is 23.3 Å². The molecular formula is C54H86O18. The van der Waals surface area contributed by atoms with E-state index in [0.717, 1.165) is 19.3 Å². The van der Waals surface area contributed by atoms with Gasteiger partial charge in [0.1, 0.15) is 48.5 Å². The molecule has 25 unspecified atom stereocenters. The summed E-state index contributed by atoms with van der Waals surface area (Å²) >= 11 is 0. The lowest BCUT2D eigenvalue weighted by Crippen LogP contribution is -2.66. The van der Waals surface area contributed by atoms with E-state index in [2.05, 4.69) is 13.0 Å². The molecule has 0 radical (unpaired) electrons. The van der Waals surface area contributed by atoms with Crippen LogP contribution in [0.5, 0.6) is 0 Å². The summed E-state index contributed by atoms with van der Waals surface area (Å²) in [5.74, 6) is -0.749. The zero-order chi connectivity index (χ0) is 52.2. The minimum Gasteiger partial charge on any atom is -0.458 e. The lowest BCUT2D eigenvalue weighted by molar-refractivity contribution is -0.355. The van der Waals surface area contributed by atoms with E-state index in [1.165, 1.54) is 12.7 Å². The number of aliphatic hydroxyl groups excluding tert-OH is 2. The molecule has 18 nitrogen and oxygen atoms in total. The van der Waals surface area contributed by atoms with E-state index in [1.807, 2.05) is 34.6 Å². The van der Waals surface area contributed by atoms with Crippen LogP contribution in [0.2, 0.25) is 0 Å². The van der Waals surface area contributed by atoms with Crippen LogP contribution in [0.3, 0.4) is 0 Å². The number of methoxy groups -OCH3 is 4. The third kappa shape index (κ3) is 10.3. The molecule has 8 rings (SSSR count). The third-order valence-electron chi connectivity index (χ3n) is 18.9. The highest BCUT2D eigenvalue weighted by atomic mass is 16.8. The van der Waals surface area contributed by atoms with E-state index >= 15 is 0 Å². The van der Waals surface area contributed by atoms with E-state index < -0.39 is 121 Å². The number of esters is 1. The standard InChI is InChI=1S/C54H86O18/c1-14-26(2)50(58)69-40-22-36-35(54(59)20-18-34(27(3)55)53(40,54)9)16-15-32-21-33(17-19-52(32,36)8)68-41-23-37(60-10)46(29(5)64-41)70-42-24-38(61-11)47(30(6)65-42)71-43-25-39(62-12)48(31(7)66-43)72-51-45(57)49(63-13)44(56)28(4)67-51/h14-15,28-31,33-49,51,56-57,59H,16-25H2,1-13H3. The molecule has 7 fully saturated rings. The Morgan fingerprint density at radius 2 is 1.21 bits per heavy atom.